The van der Waals surface area contributed by atoms with E-state index in [1.54, 1.807) is 20.8 Å². The topological polar surface area (TPSA) is 84.9 Å². The Bertz CT molecular complexity index is 985. The van der Waals surface area contributed by atoms with Crippen LogP contribution in [0.3, 0.4) is 0 Å². The molecule has 6 nitrogen and oxygen atoms in total. The first-order valence-corrected chi connectivity index (χ1v) is 11.4. The third kappa shape index (κ3) is 5.22. The molecule has 32 heavy (non-hydrogen) atoms. The second-order valence-corrected chi connectivity index (χ2v) is 8.81. The van der Waals surface area contributed by atoms with E-state index in [9.17, 15) is 14.7 Å². The Morgan fingerprint density at radius 2 is 1.69 bits per heavy atom. The number of nitrogens with one attached hydrogen (secondary N) is 1. The zero-order valence-electron chi connectivity index (χ0n) is 18.4. The molecule has 2 aromatic rings. The molecular weight excluding hydrogens is 474 g/mol. The predicted molar refractivity (Wildman–Crippen MR) is 126 cm³/mol. The Hall–Kier alpha value is -2.64. The van der Waals surface area contributed by atoms with Crippen molar-refractivity contribution in [3.8, 4) is 0 Å². The lowest BCUT2D eigenvalue weighted by Crippen LogP contribution is -2.49. The summed E-state index contributed by atoms with van der Waals surface area (Å²) < 4.78 is 11.6. The number of hydrogen-bond donors (Lipinski definition) is 2. The summed E-state index contributed by atoms with van der Waals surface area (Å²) in [6, 6.07) is 16.7. The standard InChI is InChI=1S/C25H28BrNO5/c1-4-31-23(28)21-19(27-18-13-11-17(26)12-14-18)15-25(3,30)22(24(29)32-5-2)20(21)16-9-7-6-8-10-16/h6-14,20,22,27,30H,4-5,15H2,1-3H3/t20-,22-,25-/m1/s1. The maximum absolute atomic E-state index is 13.2. The second kappa shape index (κ2) is 10.3. The molecule has 1 aliphatic rings. The molecule has 0 spiro atoms. The summed E-state index contributed by atoms with van der Waals surface area (Å²) >= 11 is 3.42. The fourth-order valence-electron chi connectivity index (χ4n) is 4.20. The first kappa shape index (κ1) is 24.0. The van der Waals surface area contributed by atoms with E-state index in [0.717, 1.165) is 15.7 Å². The summed E-state index contributed by atoms with van der Waals surface area (Å²) in [4.78, 5) is 26.3. The van der Waals surface area contributed by atoms with Crippen molar-refractivity contribution in [2.24, 2.45) is 5.92 Å². The number of carbonyl (C=O) groups is 2. The smallest absolute Gasteiger partial charge is 0.336 e. The zero-order chi connectivity index (χ0) is 23.3. The van der Waals surface area contributed by atoms with Crippen LogP contribution in [0.1, 0.15) is 38.7 Å². The molecule has 2 aromatic carbocycles. The number of esters is 2. The molecule has 0 aliphatic heterocycles. The molecule has 170 valence electrons. The van der Waals surface area contributed by atoms with Crippen LogP contribution in [0, 0.1) is 5.92 Å². The number of rotatable bonds is 7. The molecule has 1 aliphatic carbocycles. The van der Waals surface area contributed by atoms with Crippen LogP contribution in [-0.4, -0.2) is 35.9 Å². The lowest BCUT2D eigenvalue weighted by atomic mass is 9.66. The minimum atomic E-state index is -1.46. The zero-order valence-corrected chi connectivity index (χ0v) is 20.0. The third-order valence-corrected chi connectivity index (χ3v) is 6.04. The van der Waals surface area contributed by atoms with Crippen LogP contribution in [-0.2, 0) is 19.1 Å². The van der Waals surface area contributed by atoms with Crippen LogP contribution in [0.25, 0.3) is 0 Å². The molecule has 0 unspecified atom stereocenters. The number of hydrogen-bond acceptors (Lipinski definition) is 6. The minimum Gasteiger partial charge on any atom is -0.466 e. The normalized spacial score (nSPS) is 22.9. The molecule has 0 saturated carbocycles. The first-order valence-electron chi connectivity index (χ1n) is 10.6. The van der Waals surface area contributed by atoms with Crippen molar-refractivity contribution in [3.63, 3.8) is 0 Å². The van der Waals surface area contributed by atoms with Crippen molar-refractivity contribution >= 4 is 33.6 Å². The highest BCUT2D eigenvalue weighted by Gasteiger charge is 2.52. The largest absolute Gasteiger partial charge is 0.466 e. The van der Waals surface area contributed by atoms with E-state index in [0.29, 0.717) is 11.3 Å². The summed E-state index contributed by atoms with van der Waals surface area (Å²) in [5, 5.41) is 14.7. The van der Waals surface area contributed by atoms with E-state index in [2.05, 4.69) is 21.2 Å². The average Bonchev–Trinajstić information content (AvgIpc) is 2.75. The lowest BCUT2D eigenvalue weighted by Gasteiger charge is -2.43. The van der Waals surface area contributed by atoms with Gasteiger partial charge in [0.25, 0.3) is 0 Å². The van der Waals surface area contributed by atoms with Crippen LogP contribution >= 0.6 is 15.9 Å². The number of ether oxygens (including phenoxy) is 2. The molecule has 3 atom stereocenters. The van der Waals surface area contributed by atoms with Crippen molar-refractivity contribution in [2.45, 2.75) is 38.7 Å². The van der Waals surface area contributed by atoms with E-state index >= 15 is 0 Å². The van der Waals surface area contributed by atoms with Gasteiger partial charge in [0.2, 0.25) is 0 Å². The molecule has 2 N–H and O–H groups in total. The van der Waals surface area contributed by atoms with Crippen molar-refractivity contribution in [1.82, 2.24) is 0 Å². The molecular formula is C25H28BrNO5. The van der Waals surface area contributed by atoms with Crippen LogP contribution < -0.4 is 5.32 Å². The summed E-state index contributed by atoms with van der Waals surface area (Å²) in [5.74, 6) is -2.78. The van der Waals surface area contributed by atoms with Crippen LogP contribution in [0.5, 0.6) is 0 Å². The highest BCUT2D eigenvalue weighted by Crippen LogP contribution is 2.48. The Kier molecular flexibility index (Phi) is 7.74. The first-order chi connectivity index (χ1) is 15.3. The van der Waals surface area contributed by atoms with Crippen LogP contribution in [0.2, 0.25) is 0 Å². The van der Waals surface area contributed by atoms with Crippen molar-refractivity contribution in [2.75, 3.05) is 18.5 Å². The molecule has 0 fully saturated rings. The summed E-state index contributed by atoms with van der Waals surface area (Å²) in [6.45, 7) is 5.43. The number of anilines is 1. The summed E-state index contributed by atoms with van der Waals surface area (Å²) in [5.41, 5.74) is 0.863. The fourth-order valence-corrected chi connectivity index (χ4v) is 4.46. The summed E-state index contributed by atoms with van der Waals surface area (Å²) in [6.07, 6.45) is 0.0595. The van der Waals surface area contributed by atoms with E-state index in [1.165, 1.54) is 0 Å². The van der Waals surface area contributed by atoms with Gasteiger partial charge in [-0.05, 0) is 50.6 Å². The van der Waals surface area contributed by atoms with Gasteiger partial charge in [0.05, 0.1) is 30.3 Å². The molecule has 0 heterocycles. The maximum atomic E-state index is 13.2. The second-order valence-electron chi connectivity index (χ2n) is 7.90. The highest BCUT2D eigenvalue weighted by atomic mass is 79.9. The van der Waals surface area contributed by atoms with Crippen molar-refractivity contribution < 1.29 is 24.2 Å². The van der Waals surface area contributed by atoms with Crippen molar-refractivity contribution in [3.05, 3.63) is 75.9 Å². The van der Waals surface area contributed by atoms with Crippen molar-refractivity contribution in [1.29, 1.82) is 0 Å². The monoisotopic (exact) mass is 501 g/mol. The molecule has 3 rings (SSSR count). The fraction of sp³-hybridized carbons (Fsp3) is 0.360. The lowest BCUT2D eigenvalue weighted by molar-refractivity contribution is -0.159. The molecule has 0 bridgehead atoms. The maximum Gasteiger partial charge on any atom is 0.336 e. The van der Waals surface area contributed by atoms with Gasteiger partial charge in [0.15, 0.2) is 0 Å². The van der Waals surface area contributed by atoms with Gasteiger partial charge in [-0.25, -0.2) is 4.79 Å². The molecule has 0 aromatic heterocycles. The van der Waals surface area contributed by atoms with Crippen LogP contribution in [0.15, 0.2) is 70.3 Å². The van der Waals surface area contributed by atoms with Gasteiger partial charge in [-0.1, -0.05) is 46.3 Å². The van der Waals surface area contributed by atoms with Gasteiger partial charge >= 0.3 is 11.9 Å². The number of benzene rings is 2. The number of aliphatic hydroxyl groups is 1. The Balaban J connectivity index is 2.21. The van der Waals surface area contributed by atoms with E-state index in [1.807, 2.05) is 54.6 Å². The van der Waals surface area contributed by atoms with E-state index in [4.69, 9.17) is 9.47 Å². The van der Waals surface area contributed by atoms with E-state index in [-0.39, 0.29) is 19.6 Å². The Morgan fingerprint density at radius 1 is 1.06 bits per heavy atom. The van der Waals surface area contributed by atoms with Gasteiger partial charge < -0.3 is 19.9 Å². The van der Waals surface area contributed by atoms with Gasteiger partial charge in [-0.3, -0.25) is 4.79 Å². The average molecular weight is 502 g/mol. The third-order valence-electron chi connectivity index (χ3n) is 5.51. The van der Waals surface area contributed by atoms with Gasteiger partial charge in [0, 0.05) is 28.2 Å². The Labute approximate surface area is 196 Å². The Morgan fingerprint density at radius 3 is 2.28 bits per heavy atom. The predicted octanol–water partition coefficient (Wildman–Crippen LogP) is 4.80. The SMILES string of the molecule is CCOC(=O)C1=C(Nc2ccc(Br)cc2)C[C@@](C)(O)[C@@H](C(=O)OCC)[C@@H]1c1ccccc1. The van der Waals surface area contributed by atoms with Gasteiger partial charge in [-0.15, -0.1) is 0 Å². The molecule has 0 saturated heterocycles. The number of carbonyl (C=O) groups excluding carboxylic acids is 2. The van der Waals surface area contributed by atoms with E-state index < -0.39 is 29.4 Å². The molecule has 0 radical (unpaired) electrons. The molecule has 7 heteroatoms. The van der Waals surface area contributed by atoms with Gasteiger partial charge in [-0.2, -0.15) is 0 Å². The van der Waals surface area contributed by atoms with Gasteiger partial charge in [0.1, 0.15) is 0 Å². The number of halogens is 1. The highest BCUT2D eigenvalue weighted by molar-refractivity contribution is 9.10. The minimum absolute atomic E-state index is 0.0595. The molecule has 0 amide bonds. The quantitative estimate of drug-likeness (QED) is 0.530. The summed E-state index contributed by atoms with van der Waals surface area (Å²) in [7, 11) is 0. The van der Waals surface area contributed by atoms with Crippen LogP contribution in [0.4, 0.5) is 5.69 Å².